The van der Waals surface area contributed by atoms with Gasteiger partial charge in [-0.05, 0) is 31.9 Å². The fraction of sp³-hybridized carbons (Fsp3) is 0.467. The van der Waals surface area contributed by atoms with Crippen LogP contribution in [0.3, 0.4) is 0 Å². The summed E-state index contributed by atoms with van der Waals surface area (Å²) in [7, 11) is 0. The molecule has 0 aromatic heterocycles. The Morgan fingerprint density at radius 3 is 2.81 bits per heavy atom. The summed E-state index contributed by atoms with van der Waals surface area (Å²) in [4.78, 5) is 26.0. The molecule has 6 heteroatoms. The van der Waals surface area contributed by atoms with Crippen molar-refractivity contribution in [3.8, 4) is 0 Å². The standard InChI is InChI=1S/C15H20ClN3O2/c1-10-8-11(17)6-7-19(10)9-14(20)18-15(21)12-4-2-3-5-13(12)16/h2-5,10-11H,6-9,17H2,1H3,(H,18,20,21). The number of likely N-dealkylation sites (tertiary alicyclic amines) is 1. The first-order valence-corrected chi connectivity index (χ1v) is 7.43. The highest BCUT2D eigenvalue weighted by atomic mass is 35.5. The minimum atomic E-state index is -0.466. The lowest BCUT2D eigenvalue weighted by Crippen LogP contribution is -2.49. The number of nitrogens with one attached hydrogen (secondary N) is 1. The molecule has 21 heavy (non-hydrogen) atoms. The van der Waals surface area contributed by atoms with Crippen LogP contribution in [0.5, 0.6) is 0 Å². The average Bonchev–Trinajstić information content (AvgIpc) is 2.42. The lowest BCUT2D eigenvalue weighted by Gasteiger charge is -2.35. The van der Waals surface area contributed by atoms with Crippen molar-refractivity contribution in [2.75, 3.05) is 13.1 Å². The van der Waals surface area contributed by atoms with E-state index in [-0.39, 0.29) is 24.5 Å². The largest absolute Gasteiger partial charge is 0.328 e. The van der Waals surface area contributed by atoms with Crippen molar-refractivity contribution in [2.45, 2.75) is 31.8 Å². The third-order valence-electron chi connectivity index (χ3n) is 3.77. The predicted octanol–water partition coefficient (Wildman–Crippen LogP) is 1.41. The summed E-state index contributed by atoms with van der Waals surface area (Å²) in [6.07, 6.45) is 1.74. The van der Waals surface area contributed by atoms with Gasteiger partial charge < -0.3 is 5.73 Å². The van der Waals surface area contributed by atoms with Crippen molar-refractivity contribution in [1.82, 2.24) is 10.2 Å². The number of piperidine rings is 1. The Hall–Kier alpha value is -1.43. The van der Waals surface area contributed by atoms with Gasteiger partial charge in [-0.1, -0.05) is 23.7 Å². The number of hydrogen-bond acceptors (Lipinski definition) is 4. The van der Waals surface area contributed by atoms with Crippen LogP contribution in [-0.4, -0.2) is 41.9 Å². The molecule has 0 saturated carbocycles. The number of rotatable bonds is 3. The van der Waals surface area contributed by atoms with Crippen molar-refractivity contribution in [1.29, 1.82) is 0 Å². The SMILES string of the molecule is CC1CC(N)CCN1CC(=O)NC(=O)c1ccccc1Cl. The third kappa shape index (κ3) is 4.27. The molecule has 114 valence electrons. The summed E-state index contributed by atoms with van der Waals surface area (Å²) in [5.41, 5.74) is 6.20. The molecule has 1 saturated heterocycles. The van der Waals surface area contributed by atoms with Gasteiger partial charge in [-0.25, -0.2) is 0 Å². The second kappa shape index (κ2) is 7.02. The van der Waals surface area contributed by atoms with Gasteiger partial charge in [-0.3, -0.25) is 19.8 Å². The van der Waals surface area contributed by atoms with Crippen LogP contribution in [0.15, 0.2) is 24.3 Å². The van der Waals surface area contributed by atoms with Crippen molar-refractivity contribution in [3.63, 3.8) is 0 Å². The summed E-state index contributed by atoms with van der Waals surface area (Å²) in [6.45, 7) is 3.02. The zero-order chi connectivity index (χ0) is 15.4. The van der Waals surface area contributed by atoms with Crippen molar-refractivity contribution < 1.29 is 9.59 Å². The van der Waals surface area contributed by atoms with Crippen LogP contribution in [0.2, 0.25) is 5.02 Å². The molecule has 5 nitrogen and oxygen atoms in total. The molecule has 1 aromatic rings. The molecule has 0 aliphatic carbocycles. The van der Waals surface area contributed by atoms with Gasteiger partial charge in [0.25, 0.3) is 5.91 Å². The minimum Gasteiger partial charge on any atom is -0.328 e. The van der Waals surface area contributed by atoms with Crippen LogP contribution in [0.1, 0.15) is 30.1 Å². The second-order valence-electron chi connectivity index (χ2n) is 5.46. The van der Waals surface area contributed by atoms with E-state index in [0.717, 1.165) is 19.4 Å². The monoisotopic (exact) mass is 309 g/mol. The van der Waals surface area contributed by atoms with Crippen LogP contribution in [0.25, 0.3) is 0 Å². The summed E-state index contributed by atoms with van der Waals surface area (Å²) in [5.74, 6) is -0.783. The molecule has 0 radical (unpaired) electrons. The van der Waals surface area contributed by atoms with Crippen molar-refractivity contribution in [2.24, 2.45) is 5.73 Å². The van der Waals surface area contributed by atoms with E-state index in [4.69, 9.17) is 17.3 Å². The molecule has 1 aliphatic rings. The van der Waals surface area contributed by atoms with Crippen LogP contribution in [0, 0.1) is 0 Å². The van der Waals surface area contributed by atoms with Crippen LogP contribution >= 0.6 is 11.6 Å². The van der Waals surface area contributed by atoms with E-state index in [9.17, 15) is 9.59 Å². The minimum absolute atomic E-state index is 0.198. The Morgan fingerprint density at radius 1 is 1.43 bits per heavy atom. The highest BCUT2D eigenvalue weighted by molar-refractivity contribution is 6.34. The fourth-order valence-corrected chi connectivity index (χ4v) is 2.78. The molecular weight excluding hydrogens is 290 g/mol. The number of amides is 2. The lowest BCUT2D eigenvalue weighted by molar-refractivity contribution is -0.122. The lowest BCUT2D eigenvalue weighted by atomic mass is 9.99. The number of halogens is 1. The first-order valence-electron chi connectivity index (χ1n) is 7.05. The van der Waals surface area contributed by atoms with E-state index in [1.807, 2.05) is 11.8 Å². The average molecular weight is 310 g/mol. The smallest absolute Gasteiger partial charge is 0.259 e. The maximum absolute atomic E-state index is 12.0. The van der Waals surface area contributed by atoms with Gasteiger partial charge in [0.1, 0.15) is 0 Å². The van der Waals surface area contributed by atoms with Gasteiger partial charge in [-0.15, -0.1) is 0 Å². The Morgan fingerprint density at radius 2 is 2.14 bits per heavy atom. The highest BCUT2D eigenvalue weighted by Crippen LogP contribution is 2.16. The first kappa shape index (κ1) is 15.9. The quantitative estimate of drug-likeness (QED) is 0.885. The maximum Gasteiger partial charge on any atom is 0.259 e. The summed E-state index contributed by atoms with van der Waals surface area (Å²) < 4.78 is 0. The van der Waals surface area contributed by atoms with Crippen LogP contribution in [0.4, 0.5) is 0 Å². The normalized spacial score (nSPS) is 22.8. The van der Waals surface area contributed by atoms with Crippen LogP contribution in [-0.2, 0) is 4.79 Å². The predicted molar refractivity (Wildman–Crippen MR) is 82.2 cm³/mol. The third-order valence-corrected chi connectivity index (χ3v) is 4.10. The molecule has 1 heterocycles. The van der Waals surface area contributed by atoms with E-state index >= 15 is 0 Å². The molecular formula is C15H20ClN3O2. The molecule has 2 rings (SSSR count). The zero-order valence-corrected chi connectivity index (χ0v) is 12.8. The van der Waals surface area contributed by atoms with Crippen molar-refractivity contribution >= 4 is 23.4 Å². The summed E-state index contributed by atoms with van der Waals surface area (Å²) in [5, 5.41) is 2.71. The van der Waals surface area contributed by atoms with Gasteiger partial charge in [0.2, 0.25) is 5.91 Å². The molecule has 2 unspecified atom stereocenters. The highest BCUT2D eigenvalue weighted by Gasteiger charge is 2.25. The van der Waals surface area contributed by atoms with Gasteiger partial charge in [0, 0.05) is 18.6 Å². The van der Waals surface area contributed by atoms with E-state index in [0.29, 0.717) is 10.6 Å². The van der Waals surface area contributed by atoms with E-state index in [2.05, 4.69) is 5.32 Å². The second-order valence-corrected chi connectivity index (χ2v) is 5.87. The number of imide groups is 1. The van der Waals surface area contributed by atoms with Gasteiger partial charge in [-0.2, -0.15) is 0 Å². The number of carbonyl (C=O) groups is 2. The van der Waals surface area contributed by atoms with E-state index < -0.39 is 5.91 Å². The Kier molecular flexibility index (Phi) is 5.33. The molecule has 1 fully saturated rings. The maximum atomic E-state index is 12.0. The van der Waals surface area contributed by atoms with Crippen molar-refractivity contribution in [3.05, 3.63) is 34.9 Å². The molecule has 0 bridgehead atoms. The molecule has 2 atom stereocenters. The first-order chi connectivity index (χ1) is 9.97. The molecule has 3 N–H and O–H groups in total. The number of nitrogens with zero attached hydrogens (tertiary/aromatic N) is 1. The van der Waals surface area contributed by atoms with E-state index in [1.165, 1.54) is 0 Å². The molecule has 1 aromatic carbocycles. The fourth-order valence-electron chi connectivity index (χ4n) is 2.56. The summed E-state index contributed by atoms with van der Waals surface area (Å²) in [6, 6.07) is 7.10. The number of benzene rings is 1. The Balaban J connectivity index is 1.90. The Labute approximate surface area is 129 Å². The molecule has 1 aliphatic heterocycles. The molecule has 0 spiro atoms. The molecule has 2 amide bonds. The number of carbonyl (C=O) groups excluding carboxylic acids is 2. The topological polar surface area (TPSA) is 75.4 Å². The number of hydrogen-bond donors (Lipinski definition) is 2. The summed E-state index contributed by atoms with van der Waals surface area (Å²) >= 11 is 5.94. The van der Waals surface area contributed by atoms with Gasteiger partial charge >= 0.3 is 0 Å². The zero-order valence-electron chi connectivity index (χ0n) is 12.0. The van der Waals surface area contributed by atoms with Gasteiger partial charge in [0.15, 0.2) is 0 Å². The Bertz CT molecular complexity index is 535. The van der Waals surface area contributed by atoms with Gasteiger partial charge in [0.05, 0.1) is 17.1 Å². The van der Waals surface area contributed by atoms with Crippen LogP contribution < -0.4 is 11.1 Å². The number of nitrogens with two attached hydrogens (primary N) is 1. The van der Waals surface area contributed by atoms with E-state index in [1.54, 1.807) is 24.3 Å².